The van der Waals surface area contributed by atoms with Gasteiger partial charge < -0.3 is 4.74 Å². The third-order valence-corrected chi connectivity index (χ3v) is 6.47. The first-order valence-electron chi connectivity index (χ1n) is 10.9. The van der Waals surface area contributed by atoms with Crippen molar-refractivity contribution in [1.29, 1.82) is 0 Å². The molecule has 1 amide bonds. The highest BCUT2D eigenvalue weighted by atomic mass is 16.5. The van der Waals surface area contributed by atoms with E-state index in [1.165, 1.54) is 29.5 Å². The van der Waals surface area contributed by atoms with Gasteiger partial charge in [-0.3, -0.25) is 10.2 Å². The van der Waals surface area contributed by atoms with Gasteiger partial charge in [0.25, 0.3) is 0 Å². The molecule has 0 bridgehead atoms. The number of hydrogen-bond donors (Lipinski definition) is 1. The number of carbonyl (C=O) groups excluding carboxylic acids is 1. The third kappa shape index (κ3) is 4.99. The number of ether oxygens (including phenoxy) is 1. The van der Waals surface area contributed by atoms with Gasteiger partial charge in [-0.1, -0.05) is 50.2 Å². The van der Waals surface area contributed by atoms with Crippen LogP contribution >= 0.6 is 0 Å². The molecule has 2 aliphatic rings. The van der Waals surface area contributed by atoms with Gasteiger partial charge in [0.15, 0.2) is 0 Å². The largest absolute Gasteiger partial charge is 0.449 e. The molecule has 0 aromatic heterocycles. The van der Waals surface area contributed by atoms with Crippen LogP contribution in [0.1, 0.15) is 49.3 Å². The highest BCUT2D eigenvalue weighted by Gasteiger charge is 2.30. The Labute approximate surface area is 174 Å². The number of nitrogens with one attached hydrogen (secondary N) is 1. The van der Waals surface area contributed by atoms with Gasteiger partial charge in [-0.2, -0.15) is 0 Å². The minimum atomic E-state index is -0.351. The Morgan fingerprint density at radius 3 is 2.24 bits per heavy atom. The number of fused-ring (bicyclic) bond motifs is 1. The quantitative estimate of drug-likeness (QED) is 0.757. The topological polar surface area (TPSA) is 41.6 Å². The van der Waals surface area contributed by atoms with E-state index in [0.717, 1.165) is 31.6 Å². The third-order valence-electron chi connectivity index (χ3n) is 6.47. The number of amides is 1. The summed E-state index contributed by atoms with van der Waals surface area (Å²) in [4.78, 5) is 14.8. The fourth-order valence-corrected chi connectivity index (χ4v) is 4.58. The minimum absolute atomic E-state index is 0.351. The molecule has 0 atom stereocenters. The molecule has 4 heteroatoms. The Morgan fingerprint density at radius 2 is 1.66 bits per heavy atom. The van der Waals surface area contributed by atoms with Crippen molar-refractivity contribution in [2.45, 2.75) is 51.5 Å². The van der Waals surface area contributed by atoms with Crippen LogP contribution in [0.5, 0.6) is 0 Å². The lowest BCUT2D eigenvalue weighted by atomic mass is 9.96. The number of benzene rings is 2. The van der Waals surface area contributed by atoms with Crippen LogP contribution in [0.15, 0.2) is 48.5 Å². The van der Waals surface area contributed by atoms with E-state index in [1.807, 2.05) is 12.1 Å². The van der Waals surface area contributed by atoms with Gasteiger partial charge >= 0.3 is 6.09 Å². The first kappa shape index (κ1) is 20.0. The molecule has 0 radical (unpaired) electrons. The lowest BCUT2D eigenvalue weighted by Gasteiger charge is -2.35. The Morgan fingerprint density at radius 1 is 1.03 bits per heavy atom. The van der Waals surface area contributed by atoms with Crippen molar-refractivity contribution in [3.8, 4) is 0 Å². The molecule has 1 fully saturated rings. The van der Waals surface area contributed by atoms with Crippen LogP contribution < -0.4 is 5.32 Å². The highest BCUT2D eigenvalue weighted by molar-refractivity contribution is 5.84. The molecule has 0 unspecified atom stereocenters. The molecule has 29 heavy (non-hydrogen) atoms. The SMILES string of the molecule is CC(C)c1ccc(NC(=O)OCC2CCN(C3Cc4ccccc4C3)CC2)cc1. The normalized spacial score (nSPS) is 18.0. The van der Waals surface area contributed by atoms with Gasteiger partial charge in [0, 0.05) is 11.7 Å². The van der Waals surface area contributed by atoms with E-state index in [9.17, 15) is 4.79 Å². The zero-order valence-electron chi connectivity index (χ0n) is 17.6. The Bertz CT molecular complexity index is 798. The summed E-state index contributed by atoms with van der Waals surface area (Å²) in [6.07, 6.45) is 4.20. The predicted octanol–water partition coefficient (Wildman–Crippen LogP) is 5.24. The number of piperidine rings is 1. The van der Waals surface area contributed by atoms with Crippen molar-refractivity contribution in [3.05, 3.63) is 65.2 Å². The summed E-state index contributed by atoms with van der Waals surface area (Å²) in [6, 6.07) is 17.5. The van der Waals surface area contributed by atoms with Crippen LogP contribution in [0.3, 0.4) is 0 Å². The first-order valence-corrected chi connectivity index (χ1v) is 10.9. The maximum Gasteiger partial charge on any atom is 0.411 e. The van der Waals surface area contributed by atoms with Crippen LogP contribution in [0.2, 0.25) is 0 Å². The molecule has 2 aromatic carbocycles. The monoisotopic (exact) mass is 392 g/mol. The summed E-state index contributed by atoms with van der Waals surface area (Å²) >= 11 is 0. The van der Waals surface area contributed by atoms with Crippen molar-refractivity contribution >= 4 is 11.8 Å². The van der Waals surface area contributed by atoms with Gasteiger partial charge in [0.1, 0.15) is 0 Å². The molecular formula is C25H32N2O2. The number of likely N-dealkylation sites (tertiary alicyclic amines) is 1. The van der Waals surface area contributed by atoms with E-state index in [2.05, 4.69) is 60.5 Å². The standard InChI is InChI=1S/C25H32N2O2/c1-18(2)20-7-9-23(10-8-20)26-25(28)29-17-19-11-13-27(14-12-19)24-15-21-5-3-4-6-22(21)16-24/h3-10,18-19,24H,11-17H2,1-2H3,(H,26,28). The van der Waals surface area contributed by atoms with Gasteiger partial charge in [0.05, 0.1) is 6.61 Å². The van der Waals surface area contributed by atoms with E-state index < -0.39 is 0 Å². The highest BCUT2D eigenvalue weighted by Crippen LogP contribution is 2.28. The predicted molar refractivity (Wildman–Crippen MR) is 117 cm³/mol. The average Bonchev–Trinajstić information content (AvgIpc) is 3.17. The first-order chi connectivity index (χ1) is 14.1. The lowest BCUT2D eigenvalue weighted by molar-refractivity contribution is 0.0881. The van der Waals surface area contributed by atoms with Crippen LogP contribution in [0.4, 0.5) is 10.5 Å². The molecule has 0 saturated carbocycles. The second-order valence-corrected chi connectivity index (χ2v) is 8.81. The van der Waals surface area contributed by atoms with E-state index in [-0.39, 0.29) is 6.09 Å². The molecule has 1 N–H and O–H groups in total. The number of rotatable bonds is 5. The zero-order chi connectivity index (χ0) is 20.2. The van der Waals surface area contributed by atoms with Crippen LogP contribution in [0.25, 0.3) is 0 Å². The average molecular weight is 393 g/mol. The van der Waals surface area contributed by atoms with E-state index in [0.29, 0.717) is 24.5 Å². The molecule has 1 saturated heterocycles. The maximum atomic E-state index is 12.1. The summed E-state index contributed by atoms with van der Waals surface area (Å²) in [5, 5.41) is 2.84. The number of nitrogens with zero attached hydrogens (tertiary/aromatic N) is 1. The Hall–Kier alpha value is -2.33. The summed E-state index contributed by atoms with van der Waals surface area (Å²) in [5.41, 5.74) is 5.08. The van der Waals surface area contributed by atoms with Gasteiger partial charge in [-0.25, -0.2) is 4.79 Å². The van der Waals surface area contributed by atoms with Gasteiger partial charge in [-0.05, 0) is 79.4 Å². The van der Waals surface area contributed by atoms with E-state index in [4.69, 9.17) is 4.74 Å². The lowest BCUT2D eigenvalue weighted by Crippen LogP contribution is -2.42. The zero-order valence-corrected chi connectivity index (χ0v) is 17.6. The fraction of sp³-hybridized carbons (Fsp3) is 0.480. The van der Waals surface area contributed by atoms with Gasteiger partial charge in [-0.15, -0.1) is 0 Å². The van der Waals surface area contributed by atoms with Crippen molar-refractivity contribution in [3.63, 3.8) is 0 Å². The smallest absolute Gasteiger partial charge is 0.411 e. The summed E-state index contributed by atoms with van der Waals surface area (Å²) in [6.45, 7) is 7.03. The molecular weight excluding hydrogens is 360 g/mol. The van der Waals surface area contributed by atoms with E-state index >= 15 is 0 Å². The van der Waals surface area contributed by atoms with Gasteiger partial charge in [0.2, 0.25) is 0 Å². The number of anilines is 1. The molecule has 1 aliphatic heterocycles. The molecule has 0 spiro atoms. The van der Waals surface area contributed by atoms with Crippen molar-refractivity contribution in [1.82, 2.24) is 4.90 Å². The van der Waals surface area contributed by atoms with Crippen LogP contribution in [-0.4, -0.2) is 36.7 Å². The van der Waals surface area contributed by atoms with Crippen molar-refractivity contribution < 1.29 is 9.53 Å². The summed E-state index contributed by atoms with van der Waals surface area (Å²) < 4.78 is 5.51. The molecule has 1 heterocycles. The number of carbonyl (C=O) groups is 1. The minimum Gasteiger partial charge on any atom is -0.449 e. The molecule has 4 rings (SSSR count). The number of hydrogen-bond acceptors (Lipinski definition) is 3. The van der Waals surface area contributed by atoms with Crippen molar-refractivity contribution in [2.24, 2.45) is 5.92 Å². The second kappa shape index (κ2) is 9.00. The fourth-order valence-electron chi connectivity index (χ4n) is 4.58. The van der Waals surface area contributed by atoms with Crippen molar-refractivity contribution in [2.75, 3.05) is 25.0 Å². The van der Waals surface area contributed by atoms with Crippen LogP contribution in [-0.2, 0) is 17.6 Å². The van der Waals surface area contributed by atoms with E-state index in [1.54, 1.807) is 0 Å². The second-order valence-electron chi connectivity index (χ2n) is 8.81. The Kier molecular flexibility index (Phi) is 6.19. The molecule has 1 aliphatic carbocycles. The summed E-state index contributed by atoms with van der Waals surface area (Å²) in [5.74, 6) is 0.948. The Balaban J connectivity index is 1.18. The van der Waals surface area contributed by atoms with Crippen LogP contribution in [0, 0.1) is 5.92 Å². The molecule has 4 nitrogen and oxygen atoms in total. The summed E-state index contributed by atoms with van der Waals surface area (Å²) in [7, 11) is 0. The molecule has 2 aromatic rings. The molecule has 154 valence electrons. The maximum absolute atomic E-state index is 12.1.